The highest BCUT2D eigenvalue weighted by Gasteiger charge is 2.41. The lowest BCUT2D eigenvalue weighted by Crippen LogP contribution is -2.18. The molecule has 0 fully saturated rings. The zero-order valence-electron chi connectivity index (χ0n) is 39.3. The maximum atomic E-state index is 13.6. The molecule has 3 aliphatic rings. The summed E-state index contributed by atoms with van der Waals surface area (Å²) in [6.45, 7) is 21.4. The molecule has 10 nitrogen and oxygen atoms in total. The molecule has 3 aromatic heterocycles. The average molecular weight is 849 g/mol. The van der Waals surface area contributed by atoms with Crippen LogP contribution in [-0.4, -0.2) is 55.8 Å². The highest BCUT2D eigenvalue weighted by Crippen LogP contribution is 2.46. The van der Waals surface area contributed by atoms with Gasteiger partial charge in [-0.1, -0.05) is 85.6 Å². The molecule has 6 rings (SSSR count). The summed E-state index contributed by atoms with van der Waals surface area (Å²) in [6.07, 6.45) is 13.3. The van der Waals surface area contributed by atoms with Crippen LogP contribution in [0.25, 0.3) is 33.6 Å². The second-order valence-electron chi connectivity index (χ2n) is 18.8. The maximum absolute atomic E-state index is 13.6. The Morgan fingerprint density at radius 1 is 0.839 bits per heavy atom. The molecule has 336 valence electrons. The number of nitrogens with one attached hydrogen (secondary N) is 2. The summed E-state index contributed by atoms with van der Waals surface area (Å²) in [7, 11) is 1.33. The van der Waals surface area contributed by atoms with E-state index < -0.39 is 11.9 Å². The number of aliphatic hydroxyl groups excluding tert-OH is 2. The van der Waals surface area contributed by atoms with Gasteiger partial charge in [0.1, 0.15) is 18.3 Å². The van der Waals surface area contributed by atoms with Gasteiger partial charge in [0, 0.05) is 74.2 Å². The van der Waals surface area contributed by atoms with Crippen molar-refractivity contribution in [3.05, 3.63) is 79.8 Å². The molecule has 0 aromatic carbocycles. The van der Waals surface area contributed by atoms with Crippen molar-refractivity contribution < 1.29 is 29.3 Å². The fourth-order valence-electron chi connectivity index (χ4n) is 10.4. The number of carbonyl (C=O) groups is 2. The lowest BCUT2D eigenvalue weighted by Gasteiger charge is -2.19. The Morgan fingerprint density at radius 2 is 1.47 bits per heavy atom. The molecule has 0 radical (unpaired) electrons. The first kappa shape index (κ1) is 46.6. The van der Waals surface area contributed by atoms with E-state index in [0.29, 0.717) is 28.4 Å². The summed E-state index contributed by atoms with van der Waals surface area (Å²) in [4.78, 5) is 44.7. The molecule has 5 heterocycles. The van der Waals surface area contributed by atoms with Gasteiger partial charge in [0.2, 0.25) is 0 Å². The van der Waals surface area contributed by atoms with Gasteiger partial charge in [-0.15, -0.1) is 0 Å². The van der Waals surface area contributed by atoms with Crippen LogP contribution in [0.1, 0.15) is 195 Å². The molecule has 7 atom stereocenters. The predicted molar refractivity (Wildman–Crippen MR) is 250 cm³/mol. The number of methoxy groups -OCH3 is 1. The molecule has 3 aromatic rings. The first-order chi connectivity index (χ1) is 29.6. The molecule has 1 aliphatic carbocycles. The Morgan fingerprint density at radius 3 is 2.15 bits per heavy atom. The summed E-state index contributed by atoms with van der Waals surface area (Å²) < 4.78 is 11.1. The molecular formula is C52H72N4O6. The number of ether oxygens (including phenoxy) is 2. The summed E-state index contributed by atoms with van der Waals surface area (Å²) in [5.74, 6) is -0.480. The standard InChI is InChI=1S/C52H72N4O6/c1-12-16-28(3)17-14-18-29(4)19-15-20-30(5)23-24-62-44(58)22-21-37-32(7)39-25-40-33(8)45(35(10)57)43(54-40)27-38-31(6)36(13-2)42(53-38)26-41-34(9)46-50(56-41)47(49(37)55-39)48(51(46)59)52(60)61-11/h23,25-29,31-32,36-37,48,54,56-57,59H,12-22,24H2,1-11H3/b30-23+,39-25?,42-26?,43-27?,45-35?/t28-,29-,31-,32+,36-,37+,48-/m1/s1. The molecule has 62 heavy (non-hydrogen) atoms. The summed E-state index contributed by atoms with van der Waals surface area (Å²) in [6, 6.07) is 6.12. The molecule has 8 bridgehead atoms. The van der Waals surface area contributed by atoms with Crippen molar-refractivity contribution in [2.24, 2.45) is 11.8 Å². The van der Waals surface area contributed by atoms with Crippen LogP contribution in [0.15, 0.2) is 29.8 Å². The topological polar surface area (TPSA) is 150 Å². The number of aryl methyl sites for hydroxylation is 2. The van der Waals surface area contributed by atoms with E-state index in [1.165, 1.54) is 51.2 Å². The third-order valence-electron chi connectivity index (χ3n) is 14.2. The highest BCUT2D eigenvalue weighted by molar-refractivity contribution is 5.96. The number of aromatic amines is 2. The number of hydrogen-bond acceptors (Lipinski definition) is 8. The van der Waals surface area contributed by atoms with Gasteiger partial charge in [0.25, 0.3) is 0 Å². The van der Waals surface area contributed by atoms with Gasteiger partial charge in [-0.25, -0.2) is 0 Å². The number of allylic oxidation sites excluding steroid dienone is 1. The van der Waals surface area contributed by atoms with E-state index in [2.05, 4.69) is 64.5 Å². The minimum Gasteiger partial charge on any atom is -0.512 e. The summed E-state index contributed by atoms with van der Waals surface area (Å²) in [5.41, 5.74) is 9.71. The Bertz CT molecular complexity index is 2470. The third kappa shape index (κ3) is 9.69. The fourth-order valence-corrected chi connectivity index (χ4v) is 10.4. The zero-order valence-corrected chi connectivity index (χ0v) is 39.3. The number of nitrogens with zero attached hydrogens (tertiary/aromatic N) is 2. The number of esters is 2. The number of aromatic nitrogens is 4. The number of aliphatic hydroxyl groups is 2. The van der Waals surface area contributed by atoms with Crippen LogP contribution in [0, 0.1) is 25.7 Å². The average Bonchev–Trinajstić information content (AvgIpc) is 3.97. The summed E-state index contributed by atoms with van der Waals surface area (Å²) in [5, 5.41) is 24.2. The van der Waals surface area contributed by atoms with Crippen molar-refractivity contribution >= 4 is 45.5 Å². The van der Waals surface area contributed by atoms with E-state index in [9.17, 15) is 19.8 Å². The van der Waals surface area contributed by atoms with Crippen molar-refractivity contribution in [1.82, 2.24) is 19.9 Å². The Hall–Kier alpha value is -4.86. The lowest BCUT2D eigenvalue weighted by molar-refractivity contribution is -0.143. The van der Waals surface area contributed by atoms with Crippen LogP contribution in [-0.2, 0) is 19.1 Å². The van der Waals surface area contributed by atoms with Gasteiger partial charge in [-0.05, 0) is 101 Å². The smallest absolute Gasteiger partial charge is 0.321 e. The van der Waals surface area contributed by atoms with Crippen LogP contribution in [0.4, 0.5) is 0 Å². The van der Waals surface area contributed by atoms with Crippen LogP contribution in [0.3, 0.4) is 0 Å². The van der Waals surface area contributed by atoms with Gasteiger partial charge in [-0.2, -0.15) is 0 Å². The number of hydrogen-bond donors (Lipinski definition) is 4. The fraction of sp³-hybridized carbons (Fsp3) is 0.577. The molecule has 0 amide bonds. The number of carbonyl (C=O) groups excluding carboxylic acids is 2. The van der Waals surface area contributed by atoms with Gasteiger partial charge in [0.15, 0.2) is 0 Å². The molecule has 0 spiro atoms. The van der Waals surface area contributed by atoms with Crippen molar-refractivity contribution in [2.75, 3.05) is 13.7 Å². The number of H-pyrrole nitrogens is 2. The van der Waals surface area contributed by atoms with Gasteiger partial charge >= 0.3 is 11.9 Å². The van der Waals surface area contributed by atoms with Crippen molar-refractivity contribution in [3.63, 3.8) is 0 Å². The van der Waals surface area contributed by atoms with E-state index in [1.54, 1.807) is 6.92 Å². The van der Waals surface area contributed by atoms with E-state index in [0.717, 1.165) is 81.1 Å². The minimum absolute atomic E-state index is 0.0752. The van der Waals surface area contributed by atoms with Gasteiger partial charge < -0.3 is 29.7 Å². The van der Waals surface area contributed by atoms with E-state index >= 15 is 0 Å². The first-order valence-electron chi connectivity index (χ1n) is 23.4. The quantitative estimate of drug-likeness (QED) is 0.0774. The van der Waals surface area contributed by atoms with Gasteiger partial charge in [0.05, 0.1) is 29.6 Å². The van der Waals surface area contributed by atoms with Crippen molar-refractivity contribution in [2.45, 2.75) is 169 Å². The second-order valence-corrected chi connectivity index (χ2v) is 18.8. The number of fused-ring (bicyclic) bond motifs is 8. The largest absolute Gasteiger partial charge is 0.512 e. The monoisotopic (exact) mass is 849 g/mol. The van der Waals surface area contributed by atoms with Gasteiger partial charge in [-0.3, -0.25) is 19.6 Å². The highest BCUT2D eigenvalue weighted by atomic mass is 16.5. The van der Waals surface area contributed by atoms with Crippen molar-refractivity contribution in [1.29, 1.82) is 0 Å². The van der Waals surface area contributed by atoms with Crippen LogP contribution in [0.5, 0.6) is 0 Å². The molecule has 0 saturated carbocycles. The second kappa shape index (κ2) is 20.1. The zero-order chi connectivity index (χ0) is 45.0. The van der Waals surface area contributed by atoms with Crippen molar-refractivity contribution in [3.8, 4) is 0 Å². The van der Waals surface area contributed by atoms with Crippen LogP contribution >= 0.6 is 0 Å². The van der Waals surface area contributed by atoms with Crippen LogP contribution < -0.4 is 10.4 Å². The molecule has 0 unspecified atom stereocenters. The van der Waals surface area contributed by atoms with E-state index in [-0.39, 0.29) is 54.2 Å². The van der Waals surface area contributed by atoms with Crippen LogP contribution in [0.2, 0.25) is 0 Å². The van der Waals surface area contributed by atoms with E-state index in [1.807, 2.05) is 32.1 Å². The molecule has 4 N–H and O–H groups in total. The molecular weight excluding hydrogens is 777 g/mol. The summed E-state index contributed by atoms with van der Waals surface area (Å²) >= 11 is 0. The maximum Gasteiger partial charge on any atom is 0.321 e. The Balaban J connectivity index is 1.33. The minimum atomic E-state index is -1.09. The third-order valence-corrected chi connectivity index (χ3v) is 14.2. The number of rotatable bonds is 17. The Kier molecular flexibility index (Phi) is 15.1. The first-order valence-corrected chi connectivity index (χ1v) is 23.4. The molecule has 0 saturated heterocycles. The Labute approximate surface area is 368 Å². The normalized spacial score (nSPS) is 21.2. The molecule has 2 aliphatic heterocycles. The predicted octanol–water partition coefficient (Wildman–Crippen LogP) is 11.4. The lowest BCUT2D eigenvalue weighted by atomic mass is 9.84. The molecule has 10 heteroatoms. The SMILES string of the molecule is CCC[C@@H](C)CCC[C@@H](C)CCC/C(C)=C/COC(=O)CC[C@@H]1c2nc(cc3[nH]c(cc4nc(cc5[nH]c6c2[C@@H](C(=O)OC)C(O)=c6c5C)[C@H](CC)[C@H]4C)c(=C(C)O)c3C)[C@H]1C. The van der Waals surface area contributed by atoms with E-state index in [4.69, 9.17) is 19.4 Å².